The average Bonchev–Trinajstić information content (AvgIpc) is 3.16. The van der Waals surface area contributed by atoms with Gasteiger partial charge in [0.15, 0.2) is 12.3 Å². The molecule has 0 atom stereocenters. The van der Waals surface area contributed by atoms with Gasteiger partial charge in [0.2, 0.25) is 9.05 Å². The molecule has 14 heteroatoms. The van der Waals surface area contributed by atoms with Crippen molar-refractivity contribution in [2.24, 2.45) is 0 Å². The maximum atomic E-state index is 12.4. The highest BCUT2D eigenvalue weighted by Gasteiger charge is 2.17. The number of rotatable bonds is 6. The number of nitrogen functional groups attached to an aromatic ring is 1. The lowest BCUT2D eigenvalue weighted by Gasteiger charge is -2.18. The van der Waals surface area contributed by atoms with Gasteiger partial charge in [-0.15, -0.1) is 12.4 Å². The summed E-state index contributed by atoms with van der Waals surface area (Å²) in [5, 5.41) is 5.52. The summed E-state index contributed by atoms with van der Waals surface area (Å²) in [7, 11) is 1.67. The quantitative estimate of drug-likeness (QED) is 0.352. The minimum Gasteiger partial charge on any atom is -0.482 e. The van der Waals surface area contributed by atoms with Gasteiger partial charge in [0.25, 0.3) is 11.8 Å². The molecule has 0 radical (unpaired) electrons. The van der Waals surface area contributed by atoms with Gasteiger partial charge in [-0.25, -0.2) is 18.4 Å². The Balaban J connectivity index is 0.000000394. The summed E-state index contributed by atoms with van der Waals surface area (Å²) in [6.45, 7) is 2.19. The maximum absolute atomic E-state index is 12.4. The van der Waals surface area contributed by atoms with Crippen LogP contribution in [0.3, 0.4) is 0 Å². The summed E-state index contributed by atoms with van der Waals surface area (Å²) in [6.07, 6.45) is 4.40. The Morgan fingerprint density at radius 3 is 2.76 bits per heavy atom. The molecular weight excluding hydrogens is 507 g/mol. The number of aromatic amines is 1. The summed E-state index contributed by atoms with van der Waals surface area (Å²) < 4.78 is 25.6. The molecular formula is C20H24Cl2N6O5S. The van der Waals surface area contributed by atoms with E-state index in [1.807, 2.05) is 13.0 Å². The van der Waals surface area contributed by atoms with Crippen LogP contribution in [0.4, 0.5) is 11.4 Å². The summed E-state index contributed by atoms with van der Waals surface area (Å²) in [5.41, 5.74) is 8.86. The SMILES string of the molecule is CCCCS(=O)(=O)Cl.Cl.Nc1c[nH]c2c(C(=O)NCc3ccc4c(c3)NC(=O)CO4)ncnc12. The molecule has 1 aliphatic heterocycles. The van der Waals surface area contributed by atoms with E-state index in [0.717, 1.165) is 12.0 Å². The van der Waals surface area contributed by atoms with Gasteiger partial charge >= 0.3 is 0 Å². The number of carbonyl (C=O) groups is 2. The smallest absolute Gasteiger partial charge is 0.272 e. The van der Waals surface area contributed by atoms with E-state index in [0.29, 0.717) is 34.6 Å². The Morgan fingerprint density at radius 1 is 1.32 bits per heavy atom. The predicted molar refractivity (Wildman–Crippen MR) is 132 cm³/mol. The van der Waals surface area contributed by atoms with Crippen molar-refractivity contribution in [3.05, 3.63) is 42.0 Å². The number of carbonyl (C=O) groups excluding carboxylic acids is 2. The fourth-order valence-corrected chi connectivity index (χ4v) is 3.92. The first-order valence-corrected chi connectivity index (χ1v) is 12.5. The van der Waals surface area contributed by atoms with Gasteiger partial charge in [0, 0.05) is 23.4 Å². The number of hydrogen-bond donors (Lipinski definition) is 4. The van der Waals surface area contributed by atoms with Crippen LogP contribution in [0.25, 0.3) is 11.0 Å². The molecule has 0 spiro atoms. The minimum atomic E-state index is -3.21. The summed E-state index contributed by atoms with van der Waals surface area (Å²) in [4.78, 5) is 34.8. The third-order valence-corrected chi connectivity index (χ3v) is 5.82. The molecule has 0 bridgehead atoms. The van der Waals surface area contributed by atoms with Crippen molar-refractivity contribution in [2.75, 3.05) is 23.4 Å². The van der Waals surface area contributed by atoms with E-state index in [-0.39, 0.29) is 48.8 Å². The number of benzene rings is 1. The summed E-state index contributed by atoms with van der Waals surface area (Å²) >= 11 is 0. The molecule has 0 saturated heterocycles. The lowest BCUT2D eigenvalue weighted by atomic mass is 10.1. The molecule has 4 rings (SSSR count). The zero-order chi connectivity index (χ0) is 24.0. The molecule has 1 aromatic carbocycles. The number of amides is 2. The molecule has 2 amide bonds. The van der Waals surface area contributed by atoms with Gasteiger partial charge in [-0.1, -0.05) is 19.4 Å². The summed E-state index contributed by atoms with van der Waals surface area (Å²) in [5.74, 6) is 0.146. The van der Waals surface area contributed by atoms with Crippen molar-refractivity contribution in [2.45, 2.75) is 26.3 Å². The molecule has 3 heterocycles. The number of H-pyrrole nitrogens is 1. The van der Waals surface area contributed by atoms with Gasteiger partial charge in [-0.05, 0) is 24.1 Å². The number of ether oxygens (including phenoxy) is 1. The first kappa shape index (κ1) is 27.2. The molecule has 0 aliphatic carbocycles. The molecule has 5 N–H and O–H groups in total. The third kappa shape index (κ3) is 7.20. The second-order valence-corrected chi connectivity index (χ2v) is 10.0. The number of nitrogens with one attached hydrogen (secondary N) is 3. The van der Waals surface area contributed by atoms with Gasteiger partial charge in [-0.2, -0.15) is 0 Å². The van der Waals surface area contributed by atoms with Crippen LogP contribution in [0.15, 0.2) is 30.7 Å². The van der Waals surface area contributed by atoms with Crippen molar-refractivity contribution >= 4 is 66.4 Å². The molecule has 0 saturated carbocycles. The standard InChI is InChI=1S/C16H14N6O3.C4H9ClO2S.ClH/c17-9-5-18-14-13(9)20-7-21-15(14)16(24)19-4-8-1-2-11-10(3-8)22-12(23)6-25-11;1-2-3-4-8(5,6)7;/h1-3,5,7,18H,4,6,17H2,(H,19,24)(H,22,23);2-4H2,1H3;1H. The first-order chi connectivity index (χ1) is 15.7. The Bertz CT molecular complexity index is 1280. The molecule has 184 valence electrons. The van der Waals surface area contributed by atoms with E-state index in [2.05, 4.69) is 25.6 Å². The lowest BCUT2D eigenvalue weighted by Crippen LogP contribution is -2.26. The fourth-order valence-electron chi connectivity index (χ4n) is 2.95. The molecule has 1 aliphatic rings. The normalized spacial score (nSPS) is 12.4. The lowest BCUT2D eigenvalue weighted by molar-refractivity contribution is -0.118. The van der Waals surface area contributed by atoms with Crippen LogP contribution < -0.4 is 21.1 Å². The zero-order valence-electron chi connectivity index (χ0n) is 18.1. The van der Waals surface area contributed by atoms with Crippen LogP contribution in [0.5, 0.6) is 5.75 Å². The number of fused-ring (bicyclic) bond motifs is 2. The van der Waals surface area contributed by atoms with E-state index in [1.165, 1.54) is 6.33 Å². The molecule has 0 unspecified atom stereocenters. The number of unbranched alkanes of at least 4 members (excludes halogenated alkanes) is 1. The van der Waals surface area contributed by atoms with Crippen molar-refractivity contribution in [3.63, 3.8) is 0 Å². The number of hydrogen-bond acceptors (Lipinski definition) is 8. The summed E-state index contributed by atoms with van der Waals surface area (Å²) in [6, 6.07) is 5.33. The van der Waals surface area contributed by atoms with E-state index < -0.39 is 9.05 Å². The second-order valence-electron chi connectivity index (χ2n) is 7.14. The van der Waals surface area contributed by atoms with Crippen LogP contribution in [0.1, 0.15) is 35.8 Å². The monoisotopic (exact) mass is 530 g/mol. The van der Waals surface area contributed by atoms with Crippen LogP contribution in [0.2, 0.25) is 0 Å². The predicted octanol–water partition coefficient (Wildman–Crippen LogP) is 2.58. The first-order valence-electron chi connectivity index (χ1n) is 10.0. The van der Waals surface area contributed by atoms with Crippen molar-refractivity contribution in [1.29, 1.82) is 0 Å². The molecule has 34 heavy (non-hydrogen) atoms. The number of halogens is 2. The van der Waals surface area contributed by atoms with E-state index >= 15 is 0 Å². The van der Waals surface area contributed by atoms with E-state index in [1.54, 1.807) is 18.3 Å². The van der Waals surface area contributed by atoms with Gasteiger partial charge in [0.1, 0.15) is 17.6 Å². The van der Waals surface area contributed by atoms with Crippen molar-refractivity contribution in [3.8, 4) is 5.75 Å². The maximum Gasteiger partial charge on any atom is 0.272 e. The van der Waals surface area contributed by atoms with Gasteiger partial charge < -0.3 is 26.1 Å². The number of anilines is 2. The Hall–Kier alpha value is -3.09. The third-order valence-electron chi connectivity index (χ3n) is 4.58. The number of aromatic nitrogens is 3. The second kappa shape index (κ2) is 11.9. The minimum absolute atomic E-state index is 0. The van der Waals surface area contributed by atoms with Crippen LogP contribution in [-0.4, -0.2) is 47.5 Å². The topological polar surface area (TPSA) is 169 Å². The van der Waals surface area contributed by atoms with Gasteiger partial charge in [0.05, 0.1) is 22.6 Å². The van der Waals surface area contributed by atoms with E-state index in [9.17, 15) is 18.0 Å². The molecule has 3 aromatic rings. The number of nitrogens with two attached hydrogens (primary N) is 1. The fraction of sp³-hybridized carbons (Fsp3) is 0.300. The zero-order valence-corrected chi connectivity index (χ0v) is 20.5. The Morgan fingerprint density at radius 2 is 2.09 bits per heavy atom. The Kier molecular flexibility index (Phi) is 9.47. The molecule has 2 aromatic heterocycles. The van der Waals surface area contributed by atoms with Crippen LogP contribution >= 0.6 is 23.1 Å². The van der Waals surface area contributed by atoms with Gasteiger partial charge in [-0.3, -0.25) is 9.59 Å². The molecule has 0 fully saturated rings. The largest absolute Gasteiger partial charge is 0.482 e. The van der Waals surface area contributed by atoms with Crippen molar-refractivity contribution < 1.29 is 22.7 Å². The highest BCUT2D eigenvalue weighted by molar-refractivity contribution is 8.13. The van der Waals surface area contributed by atoms with E-state index in [4.69, 9.17) is 21.2 Å². The van der Waals surface area contributed by atoms with Crippen molar-refractivity contribution in [1.82, 2.24) is 20.3 Å². The van der Waals surface area contributed by atoms with Crippen LogP contribution in [0, 0.1) is 0 Å². The highest BCUT2D eigenvalue weighted by atomic mass is 35.7. The Labute approximate surface area is 206 Å². The average molecular weight is 531 g/mol. The van der Waals surface area contributed by atoms with Crippen LogP contribution in [-0.2, 0) is 20.4 Å². The highest BCUT2D eigenvalue weighted by Crippen LogP contribution is 2.28. The number of nitrogens with zero attached hydrogens (tertiary/aromatic N) is 2. The molecule has 11 nitrogen and oxygen atoms in total.